The molecule has 0 unspecified atom stereocenters. The van der Waals surface area contributed by atoms with Crippen LogP contribution in [0.15, 0.2) is 66.2 Å². The summed E-state index contributed by atoms with van der Waals surface area (Å²) in [6, 6.07) is 9.89. The van der Waals surface area contributed by atoms with Crippen molar-refractivity contribution >= 4 is 53.1 Å². The number of nitrogens with two attached hydrogens (primary N) is 1. The molecule has 7 rings (SSSR count). The van der Waals surface area contributed by atoms with Crippen LogP contribution in [0.25, 0.3) is 22.5 Å². The lowest BCUT2D eigenvalue weighted by molar-refractivity contribution is -0.164. The zero-order chi connectivity index (χ0) is 35.6. The molecule has 2 fully saturated rings. The smallest absolute Gasteiger partial charge is 0.411 e. The molecule has 2 aliphatic carbocycles. The van der Waals surface area contributed by atoms with Gasteiger partial charge in [0.2, 0.25) is 0 Å². The van der Waals surface area contributed by atoms with E-state index in [4.69, 9.17) is 45.6 Å². The number of nitrogens with one attached hydrogen (secondary N) is 1. The number of aliphatic imine (C=N–C) groups is 1. The van der Waals surface area contributed by atoms with Gasteiger partial charge in [-0.2, -0.15) is 23.4 Å². The highest BCUT2D eigenvalue weighted by molar-refractivity contribution is 6.56. The summed E-state index contributed by atoms with van der Waals surface area (Å²) in [5.74, 6) is -0.704. The van der Waals surface area contributed by atoms with Gasteiger partial charge < -0.3 is 15.8 Å². The molecule has 50 heavy (non-hydrogen) atoms. The Morgan fingerprint density at radius 3 is 2.46 bits per heavy atom. The average Bonchev–Trinajstić information content (AvgIpc) is 3.92. The van der Waals surface area contributed by atoms with Crippen LogP contribution in [0, 0.1) is 0 Å². The number of benzene rings is 2. The molecule has 2 atom stereocenters. The quantitative estimate of drug-likeness (QED) is 0.241. The van der Waals surface area contributed by atoms with Gasteiger partial charge in [0.1, 0.15) is 18.5 Å². The highest BCUT2D eigenvalue weighted by atomic mass is 35.5. The first kappa shape index (κ1) is 33.8. The van der Waals surface area contributed by atoms with Gasteiger partial charge >= 0.3 is 12.3 Å². The van der Waals surface area contributed by atoms with E-state index in [0.717, 1.165) is 39.9 Å². The molecule has 3 N–H and O–H groups in total. The molecule has 250 valence electrons. The number of hydrogen-bond donors (Lipinski definition) is 2. The molecule has 2 saturated carbocycles. The lowest BCUT2D eigenvalue weighted by Crippen LogP contribution is -2.49. The third kappa shape index (κ3) is 6.36. The summed E-state index contributed by atoms with van der Waals surface area (Å²) >= 11 is 6.52. The number of halogens is 4. The maximum absolute atomic E-state index is 14.1. The Hall–Kier alpha value is -4.73. The van der Waals surface area contributed by atoms with E-state index >= 15 is 0 Å². The van der Waals surface area contributed by atoms with Crippen LogP contribution in [0.3, 0.4) is 0 Å². The number of guanidine groups is 1. The number of carbonyl (C=O) groups is 2. The molecule has 4 aromatic rings. The number of ether oxygens (including phenoxy) is 1. The van der Waals surface area contributed by atoms with Crippen LogP contribution in [0.1, 0.15) is 54.9 Å². The van der Waals surface area contributed by atoms with Gasteiger partial charge in [0, 0.05) is 17.3 Å². The van der Waals surface area contributed by atoms with E-state index in [1.54, 1.807) is 18.3 Å². The fourth-order valence-corrected chi connectivity index (χ4v) is 6.05. The number of carbonyl (C=O) groups excluding carboxylic acids is 2. The molecule has 12 nitrogen and oxygen atoms in total. The largest absolute Gasteiger partial charge is 0.447 e. The van der Waals surface area contributed by atoms with Gasteiger partial charge in [-0.05, 0) is 59.7 Å². The summed E-state index contributed by atoms with van der Waals surface area (Å²) < 4.78 is 48.9. The molecule has 19 heteroatoms. The summed E-state index contributed by atoms with van der Waals surface area (Å²) in [4.78, 5) is 36.5. The number of rotatable bonds is 10. The molecule has 0 bridgehead atoms. The number of aromatic nitrogens is 5. The van der Waals surface area contributed by atoms with E-state index in [1.807, 2.05) is 28.3 Å². The SMILES string of the molecule is [B]C([B])([B])n1ncnc1-c1cc([C@@H](COC(=O)NC2(C(F)(F)F)CC2)N2C(=O)[C@@H](c3ccc(-c4cnn(C5CC5)c4)cc3)N=C2N)ccc1Cl. The van der Waals surface area contributed by atoms with Crippen molar-refractivity contribution in [2.24, 2.45) is 10.7 Å². The second-order valence-corrected chi connectivity index (χ2v) is 13.0. The number of nitrogens with zero attached hydrogens (tertiary/aromatic N) is 7. The lowest BCUT2D eigenvalue weighted by Gasteiger charge is -2.29. The number of amides is 2. The summed E-state index contributed by atoms with van der Waals surface area (Å²) in [6.07, 6.45) is 0.550. The first-order valence-electron chi connectivity index (χ1n) is 15.5. The van der Waals surface area contributed by atoms with Crippen LogP contribution in [0.4, 0.5) is 18.0 Å². The standard InChI is InChI=1S/C31H26B3ClF3N9O3/c32-31(33,34)47-25(40-15-42-47)21-11-18(5-8-22(21)35)23(14-50-28(49)44-29(9-10-29)30(36,37)38)46-26(48)24(43-27(46)39)17-3-1-16(2-4-17)19-12-41-45(13-19)20-6-7-20/h1-5,8,11-13,15,20,23-24H,6-7,9-10,14H2,(H2,39,43)(H,44,49)/t23-,24-/m1/s1. The Kier molecular flexibility index (Phi) is 8.27. The lowest BCUT2D eigenvalue weighted by atomic mass is 9.49. The van der Waals surface area contributed by atoms with Crippen LogP contribution in [-0.2, 0) is 14.8 Å². The van der Waals surface area contributed by atoms with E-state index < -0.39 is 47.6 Å². The first-order chi connectivity index (χ1) is 23.6. The van der Waals surface area contributed by atoms with Crippen molar-refractivity contribution in [3.8, 4) is 22.5 Å². The minimum atomic E-state index is -4.67. The molecule has 1 aliphatic heterocycles. The average molecular weight is 697 g/mol. The van der Waals surface area contributed by atoms with Crippen LogP contribution < -0.4 is 11.1 Å². The van der Waals surface area contributed by atoms with E-state index in [-0.39, 0.29) is 35.2 Å². The zero-order valence-corrected chi connectivity index (χ0v) is 27.0. The molecule has 2 aromatic carbocycles. The van der Waals surface area contributed by atoms with Crippen molar-refractivity contribution in [2.75, 3.05) is 6.61 Å². The Balaban J connectivity index is 1.18. The molecule has 2 amide bonds. The van der Waals surface area contributed by atoms with Gasteiger partial charge in [-0.25, -0.2) is 14.8 Å². The van der Waals surface area contributed by atoms with E-state index in [9.17, 15) is 22.8 Å². The van der Waals surface area contributed by atoms with Gasteiger partial charge in [-0.15, -0.1) is 0 Å². The van der Waals surface area contributed by atoms with Crippen molar-refractivity contribution in [1.82, 2.24) is 34.8 Å². The minimum Gasteiger partial charge on any atom is -0.447 e. The number of hydrogen-bond acceptors (Lipinski definition) is 8. The zero-order valence-electron chi connectivity index (χ0n) is 26.2. The Morgan fingerprint density at radius 1 is 1.10 bits per heavy atom. The summed E-state index contributed by atoms with van der Waals surface area (Å²) in [7, 11) is 17.6. The van der Waals surface area contributed by atoms with Crippen LogP contribution in [-0.4, -0.2) is 89.3 Å². The molecule has 0 spiro atoms. The summed E-state index contributed by atoms with van der Waals surface area (Å²) in [6.45, 7) is -0.610. The van der Waals surface area contributed by atoms with Gasteiger partial charge in [0.15, 0.2) is 17.8 Å². The fourth-order valence-electron chi connectivity index (χ4n) is 5.85. The van der Waals surface area contributed by atoms with Crippen molar-refractivity contribution < 1.29 is 27.5 Å². The van der Waals surface area contributed by atoms with E-state index in [2.05, 4.69) is 20.2 Å². The molecule has 2 aromatic heterocycles. The molecule has 3 aliphatic rings. The summed E-state index contributed by atoms with van der Waals surface area (Å²) in [5, 5.41) is 8.52. The predicted molar refractivity (Wildman–Crippen MR) is 178 cm³/mol. The second kappa shape index (κ2) is 12.2. The van der Waals surface area contributed by atoms with Crippen LogP contribution >= 0.6 is 11.6 Å². The van der Waals surface area contributed by atoms with Crippen molar-refractivity contribution in [1.29, 1.82) is 0 Å². The third-order valence-electron chi connectivity index (χ3n) is 8.91. The minimum absolute atomic E-state index is 0.0673. The van der Waals surface area contributed by atoms with E-state index in [0.29, 0.717) is 17.2 Å². The second-order valence-electron chi connectivity index (χ2n) is 12.6. The third-order valence-corrected chi connectivity index (χ3v) is 9.24. The first-order valence-corrected chi connectivity index (χ1v) is 15.9. The van der Waals surface area contributed by atoms with Crippen LogP contribution in [0.5, 0.6) is 0 Å². The fraction of sp³-hybridized carbons (Fsp3) is 0.355. The van der Waals surface area contributed by atoms with Crippen molar-refractivity contribution in [3.05, 3.63) is 77.3 Å². The number of alkyl carbamates (subject to hydrolysis) is 1. The summed E-state index contributed by atoms with van der Waals surface area (Å²) in [5.41, 5.74) is 6.86. The van der Waals surface area contributed by atoms with Crippen molar-refractivity contribution in [3.63, 3.8) is 0 Å². The molecular formula is C31H26B3ClF3N9O3. The Morgan fingerprint density at radius 2 is 1.82 bits per heavy atom. The maximum Gasteiger partial charge on any atom is 0.411 e. The maximum atomic E-state index is 14.1. The van der Waals surface area contributed by atoms with Gasteiger partial charge in [0.05, 0.1) is 46.8 Å². The molecular weight excluding hydrogens is 671 g/mol. The van der Waals surface area contributed by atoms with Crippen molar-refractivity contribution in [2.45, 2.75) is 60.8 Å². The van der Waals surface area contributed by atoms with Crippen LogP contribution in [0.2, 0.25) is 5.02 Å². The normalized spacial score (nSPS) is 19.3. The van der Waals surface area contributed by atoms with E-state index in [1.165, 1.54) is 18.2 Å². The molecule has 0 saturated heterocycles. The Labute approximate surface area is 292 Å². The monoisotopic (exact) mass is 697 g/mol. The predicted octanol–water partition coefficient (Wildman–Crippen LogP) is 3.63. The van der Waals surface area contributed by atoms with Gasteiger partial charge in [-0.1, -0.05) is 41.9 Å². The molecule has 6 radical (unpaired) electrons. The Bertz CT molecular complexity index is 1990. The topological polar surface area (TPSA) is 146 Å². The highest BCUT2D eigenvalue weighted by Gasteiger charge is 2.64. The van der Waals surface area contributed by atoms with Gasteiger partial charge in [0.25, 0.3) is 5.91 Å². The van der Waals surface area contributed by atoms with Gasteiger partial charge in [-0.3, -0.25) is 19.1 Å². The molecule has 3 heterocycles. The number of alkyl halides is 3. The highest BCUT2D eigenvalue weighted by Crippen LogP contribution is 2.49.